The molecule has 4 rings (SSSR count). The van der Waals surface area contributed by atoms with Crippen LogP contribution in [0.1, 0.15) is 44.7 Å². The lowest BCUT2D eigenvalue weighted by Gasteiger charge is -2.35. The molecule has 0 aromatic heterocycles. The Labute approximate surface area is 228 Å². The van der Waals surface area contributed by atoms with E-state index >= 15 is 0 Å². The van der Waals surface area contributed by atoms with E-state index < -0.39 is 68.5 Å². The number of sulfonamides is 1. The van der Waals surface area contributed by atoms with Gasteiger partial charge in [0.25, 0.3) is 0 Å². The minimum atomic E-state index is -4.37. The molecule has 1 amide bonds. The first-order valence-electron chi connectivity index (χ1n) is 12.0. The van der Waals surface area contributed by atoms with Crippen molar-refractivity contribution in [2.75, 3.05) is 40.4 Å². The van der Waals surface area contributed by atoms with Crippen molar-refractivity contribution in [2.24, 2.45) is 0 Å². The number of nitrogens with zero attached hydrogens (tertiary/aromatic N) is 2. The van der Waals surface area contributed by atoms with Crippen LogP contribution in [0, 0.1) is 0 Å². The maximum Gasteiger partial charge on any atom is 0.339 e. The van der Waals surface area contributed by atoms with Crippen LogP contribution in [0.15, 0.2) is 41.3 Å². The Hall–Kier alpha value is -4.14. The van der Waals surface area contributed by atoms with E-state index in [-0.39, 0.29) is 48.4 Å². The molecule has 212 valence electrons. The van der Waals surface area contributed by atoms with Gasteiger partial charge in [0.05, 0.1) is 27.1 Å². The van der Waals surface area contributed by atoms with E-state index in [1.165, 1.54) is 17.0 Å². The third kappa shape index (κ3) is 5.08. The van der Waals surface area contributed by atoms with Crippen molar-refractivity contribution < 1.29 is 52.1 Å². The fourth-order valence-corrected chi connectivity index (χ4v) is 6.22. The van der Waals surface area contributed by atoms with Gasteiger partial charge in [-0.2, -0.15) is 4.31 Å². The summed E-state index contributed by atoms with van der Waals surface area (Å²) in [7, 11) is -2.33. The zero-order valence-electron chi connectivity index (χ0n) is 21.6. The fraction of sp³-hybridized carbons (Fsp3) is 0.346. The second kappa shape index (κ2) is 10.8. The Bertz CT molecular complexity index is 1530. The standard InChI is InChI=1S/C26H26N2O11S/c1-38-22(31)14-26(35,25(34)39-2)13-21(30)27-7-9-28(10-8-27)40(36,37)20-12-18-17(11-19(20)29)23(32)15-5-3-4-6-16(15)24(18)33/h3-6,11-12,29,35H,7-10,13-14H2,1-2H3/t26-/m1/s1. The number of carbonyl (C=O) groups is 5. The Morgan fingerprint density at radius 1 is 0.875 bits per heavy atom. The number of ketones is 2. The predicted octanol–water partition coefficient (Wildman–Crippen LogP) is -0.142. The lowest BCUT2D eigenvalue weighted by molar-refractivity contribution is -0.172. The highest BCUT2D eigenvalue weighted by molar-refractivity contribution is 7.89. The molecule has 2 N–H and O–H groups in total. The lowest BCUT2D eigenvalue weighted by Crippen LogP contribution is -2.53. The van der Waals surface area contributed by atoms with Crippen molar-refractivity contribution in [3.63, 3.8) is 0 Å². The number of methoxy groups -OCH3 is 2. The number of esters is 2. The SMILES string of the molecule is COC(=O)C[C@](O)(CC(=O)N1CCN(S(=O)(=O)c2cc3c(cc2O)C(=O)c2ccccc2C3=O)CC1)C(=O)OC. The zero-order chi connectivity index (χ0) is 29.4. The number of hydrogen-bond donors (Lipinski definition) is 2. The molecular formula is C26H26N2O11S. The van der Waals surface area contributed by atoms with Crippen molar-refractivity contribution in [2.45, 2.75) is 23.3 Å². The first-order chi connectivity index (χ1) is 18.8. The molecule has 0 bridgehead atoms. The van der Waals surface area contributed by atoms with Crippen molar-refractivity contribution in [3.05, 3.63) is 58.7 Å². The van der Waals surface area contributed by atoms with Crippen LogP contribution in [0.2, 0.25) is 0 Å². The monoisotopic (exact) mass is 574 g/mol. The number of ether oxygens (including phenoxy) is 2. The molecule has 2 aromatic rings. The molecule has 1 saturated heterocycles. The maximum atomic E-state index is 13.4. The van der Waals surface area contributed by atoms with Gasteiger partial charge in [0.2, 0.25) is 15.9 Å². The highest BCUT2D eigenvalue weighted by Crippen LogP contribution is 2.35. The van der Waals surface area contributed by atoms with Crippen LogP contribution in [0.25, 0.3) is 0 Å². The summed E-state index contributed by atoms with van der Waals surface area (Å²) >= 11 is 0. The van der Waals surface area contributed by atoms with Crippen LogP contribution in [0.5, 0.6) is 5.75 Å². The van der Waals surface area contributed by atoms with Gasteiger partial charge in [-0.3, -0.25) is 19.2 Å². The average Bonchev–Trinajstić information content (AvgIpc) is 2.94. The van der Waals surface area contributed by atoms with E-state index in [0.29, 0.717) is 0 Å². The first-order valence-corrected chi connectivity index (χ1v) is 13.5. The highest BCUT2D eigenvalue weighted by atomic mass is 32.2. The van der Waals surface area contributed by atoms with E-state index in [1.54, 1.807) is 12.1 Å². The summed E-state index contributed by atoms with van der Waals surface area (Å²) < 4.78 is 36.9. The molecule has 0 saturated carbocycles. The molecule has 2 aromatic carbocycles. The molecule has 1 atom stereocenters. The summed E-state index contributed by atoms with van der Waals surface area (Å²) in [6.45, 7) is -0.698. The van der Waals surface area contributed by atoms with E-state index in [4.69, 9.17) is 0 Å². The number of rotatable bonds is 7. The van der Waals surface area contributed by atoms with Crippen LogP contribution >= 0.6 is 0 Å². The molecule has 40 heavy (non-hydrogen) atoms. The summed E-state index contributed by atoms with van der Waals surface area (Å²) in [5.74, 6) is -4.65. The summed E-state index contributed by atoms with van der Waals surface area (Å²) in [6.07, 6.45) is -1.62. The number of piperazine rings is 1. The number of carbonyl (C=O) groups excluding carboxylic acids is 5. The molecule has 0 unspecified atom stereocenters. The minimum absolute atomic E-state index is 0.111. The molecule has 0 spiro atoms. The molecule has 0 radical (unpaired) electrons. The second-order valence-corrected chi connectivity index (χ2v) is 11.2. The van der Waals surface area contributed by atoms with Crippen LogP contribution in [0.4, 0.5) is 0 Å². The maximum absolute atomic E-state index is 13.4. The van der Waals surface area contributed by atoms with Gasteiger partial charge in [-0.05, 0) is 12.1 Å². The van der Waals surface area contributed by atoms with Crippen LogP contribution in [-0.2, 0) is 33.9 Å². The number of phenols is 1. The largest absolute Gasteiger partial charge is 0.507 e. The molecule has 1 aliphatic carbocycles. The molecule has 1 heterocycles. The molecule has 1 aliphatic heterocycles. The molecular weight excluding hydrogens is 548 g/mol. The molecule has 1 fully saturated rings. The first kappa shape index (κ1) is 28.9. The summed E-state index contributed by atoms with van der Waals surface area (Å²) in [4.78, 5) is 63.1. The second-order valence-electron chi connectivity index (χ2n) is 9.31. The number of benzene rings is 2. The van der Waals surface area contributed by atoms with Crippen molar-refractivity contribution in [1.82, 2.24) is 9.21 Å². The number of fused-ring (bicyclic) bond motifs is 2. The van der Waals surface area contributed by atoms with Gasteiger partial charge in [0.1, 0.15) is 10.6 Å². The average molecular weight is 575 g/mol. The van der Waals surface area contributed by atoms with Gasteiger partial charge in [-0.15, -0.1) is 0 Å². The molecule has 14 heteroatoms. The predicted molar refractivity (Wildman–Crippen MR) is 135 cm³/mol. The fourth-order valence-electron chi connectivity index (χ4n) is 4.71. The van der Waals surface area contributed by atoms with Gasteiger partial charge in [0.15, 0.2) is 17.2 Å². The van der Waals surface area contributed by atoms with Gasteiger partial charge >= 0.3 is 11.9 Å². The van der Waals surface area contributed by atoms with Crippen molar-refractivity contribution in [1.29, 1.82) is 0 Å². The topological polar surface area (TPSA) is 185 Å². The smallest absolute Gasteiger partial charge is 0.339 e. The Balaban J connectivity index is 1.52. The number of aliphatic hydroxyl groups is 1. The Morgan fingerprint density at radius 2 is 1.43 bits per heavy atom. The van der Waals surface area contributed by atoms with Crippen LogP contribution in [-0.4, -0.2) is 103 Å². The number of amides is 1. The Morgan fingerprint density at radius 3 is 1.95 bits per heavy atom. The third-order valence-corrected chi connectivity index (χ3v) is 8.82. The zero-order valence-corrected chi connectivity index (χ0v) is 22.4. The number of phenolic OH excluding ortho intramolecular Hbond substituents is 1. The minimum Gasteiger partial charge on any atom is -0.507 e. The van der Waals surface area contributed by atoms with E-state index in [0.717, 1.165) is 30.7 Å². The quantitative estimate of drug-likeness (QED) is 0.358. The Kier molecular flexibility index (Phi) is 7.78. The summed E-state index contributed by atoms with van der Waals surface area (Å²) in [5, 5.41) is 21.2. The van der Waals surface area contributed by atoms with Gasteiger partial charge in [-0.1, -0.05) is 24.3 Å². The highest BCUT2D eigenvalue weighted by Gasteiger charge is 2.44. The van der Waals surface area contributed by atoms with Gasteiger partial charge < -0.3 is 24.6 Å². The number of hydrogen-bond acceptors (Lipinski definition) is 11. The molecule has 2 aliphatic rings. The van der Waals surface area contributed by atoms with Gasteiger partial charge in [-0.25, -0.2) is 13.2 Å². The van der Waals surface area contributed by atoms with Crippen LogP contribution in [0.3, 0.4) is 0 Å². The van der Waals surface area contributed by atoms with Crippen molar-refractivity contribution in [3.8, 4) is 5.75 Å². The number of aromatic hydroxyl groups is 1. The lowest BCUT2D eigenvalue weighted by atomic mass is 9.84. The van der Waals surface area contributed by atoms with Gasteiger partial charge in [0, 0.05) is 48.4 Å². The van der Waals surface area contributed by atoms with E-state index in [9.17, 15) is 42.6 Å². The van der Waals surface area contributed by atoms with Crippen molar-refractivity contribution >= 4 is 39.4 Å². The van der Waals surface area contributed by atoms with E-state index in [2.05, 4.69) is 9.47 Å². The van der Waals surface area contributed by atoms with E-state index in [1.807, 2.05) is 0 Å². The van der Waals surface area contributed by atoms with Crippen LogP contribution < -0.4 is 0 Å². The summed E-state index contributed by atoms with van der Waals surface area (Å²) in [6, 6.07) is 8.05. The summed E-state index contributed by atoms with van der Waals surface area (Å²) in [5.41, 5.74) is -2.46. The third-order valence-electron chi connectivity index (χ3n) is 6.89. The molecule has 13 nitrogen and oxygen atoms in total. The normalized spacial score (nSPS) is 16.9.